The second-order valence-corrected chi connectivity index (χ2v) is 5.82. The number of carbonyl (C=O) groups excluding carboxylic acids is 1. The largest absolute Gasteiger partial charge is 0.487 e. The van der Waals surface area contributed by atoms with Crippen molar-refractivity contribution in [2.45, 2.75) is 20.1 Å². The number of para-hydroxylation sites is 1. The van der Waals surface area contributed by atoms with Crippen molar-refractivity contribution in [1.29, 1.82) is 0 Å². The van der Waals surface area contributed by atoms with Crippen LogP contribution in [-0.2, 0) is 13.2 Å². The van der Waals surface area contributed by atoms with Crippen LogP contribution in [0.2, 0.25) is 0 Å². The van der Waals surface area contributed by atoms with Gasteiger partial charge in [-0.25, -0.2) is 9.97 Å². The molecule has 7 heteroatoms. The van der Waals surface area contributed by atoms with E-state index in [4.69, 9.17) is 4.74 Å². The Bertz CT molecular complexity index is 907. The second kappa shape index (κ2) is 6.35. The second-order valence-electron chi connectivity index (χ2n) is 5.82. The summed E-state index contributed by atoms with van der Waals surface area (Å²) in [7, 11) is 0. The van der Waals surface area contributed by atoms with E-state index in [1.165, 1.54) is 6.33 Å². The van der Waals surface area contributed by atoms with E-state index in [-0.39, 0.29) is 5.91 Å². The first kappa shape index (κ1) is 15.3. The van der Waals surface area contributed by atoms with E-state index >= 15 is 0 Å². The zero-order valence-electron chi connectivity index (χ0n) is 13.8. The number of hydrogen-bond acceptors (Lipinski definition) is 5. The van der Waals surface area contributed by atoms with E-state index < -0.39 is 0 Å². The van der Waals surface area contributed by atoms with Gasteiger partial charge in [0.05, 0.1) is 6.54 Å². The van der Waals surface area contributed by atoms with Crippen molar-refractivity contribution in [2.24, 2.45) is 0 Å². The topological polar surface area (TPSA) is 73.1 Å². The van der Waals surface area contributed by atoms with Gasteiger partial charge in [0.25, 0.3) is 5.91 Å². The standard InChI is InChI=1S/C18H17N5O2/c1-13-9-17(20-12-19-13)22-7-8-23-16(18(22)24)10-14(21-23)11-25-15-5-3-2-4-6-15/h2-6,9-10,12H,7-8,11H2,1H3. The van der Waals surface area contributed by atoms with Gasteiger partial charge in [-0.2, -0.15) is 5.10 Å². The van der Waals surface area contributed by atoms with Crippen molar-refractivity contribution in [2.75, 3.05) is 11.4 Å². The summed E-state index contributed by atoms with van der Waals surface area (Å²) in [5.74, 6) is 1.28. The summed E-state index contributed by atoms with van der Waals surface area (Å²) in [6.45, 7) is 3.35. The van der Waals surface area contributed by atoms with Crippen molar-refractivity contribution in [3.05, 3.63) is 65.9 Å². The summed E-state index contributed by atoms with van der Waals surface area (Å²) in [6, 6.07) is 13.1. The van der Waals surface area contributed by atoms with Gasteiger partial charge in [0.2, 0.25) is 0 Å². The van der Waals surface area contributed by atoms with Crippen molar-refractivity contribution in [1.82, 2.24) is 19.7 Å². The molecule has 126 valence electrons. The maximum absolute atomic E-state index is 12.8. The minimum atomic E-state index is -0.109. The highest BCUT2D eigenvalue weighted by Gasteiger charge is 2.28. The summed E-state index contributed by atoms with van der Waals surface area (Å²) in [5, 5.41) is 4.47. The summed E-state index contributed by atoms with van der Waals surface area (Å²) in [5.41, 5.74) is 2.11. The van der Waals surface area contributed by atoms with Crippen molar-refractivity contribution in [3.8, 4) is 5.75 Å². The van der Waals surface area contributed by atoms with Crippen molar-refractivity contribution < 1.29 is 9.53 Å². The Morgan fingerprint density at radius 1 is 1.12 bits per heavy atom. The van der Waals surface area contributed by atoms with Crippen LogP contribution < -0.4 is 9.64 Å². The van der Waals surface area contributed by atoms with Gasteiger partial charge in [-0.15, -0.1) is 0 Å². The minimum absolute atomic E-state index is 0.109. The summed E-state index contributed by atoms with van der Waals surface area (Å²) in [6.07, 6.45) is 1.48. The fourth-order valence-electron chi connectivity index (χ4n) is 2.80. The molecule has 1 aliphatic heterocycles. The number of hydrogen-bond donors (Lipinski definition) is 0. The van der Waals surface area contributed by atoms with Gasteiger partial charge in [0.1, 0.15) is 35.9 Å². The van der Waals surface area contributed by atoms with E-state index in [0.717, 1.165) is 17.1 Å². The number of rotatable bonds is 4. The molecule has 3 aromatic rings. The third kappa shape index (κ3) is 3.08. The number of fused-ring (bicyclic) bond motifs is 1. The van der Waals surface area contributed by atoms with E-state index in [9.17, 15) is 4.79 Å². The van der Waals surface area contributed by atoms with Crippen LogP contribution in [0.3, 0.4) is 0 Å². The fraction of sp³-hybridized carbons (Fsp3) is 0.222. The van der Waals surface area contributed by atoms with Crippen LogP contribution in [0.1, 0.15) is 21.9 Å². The molecule has 0 atom stereocenters. The molecule has 0 saturated carbocycles. The van der Waals surface area contributed by atoms with Gasteiger partial charge < -0.3 is 4.74 Å². The fourth-order valence-corrected chi connectivity index (χ4v) is 2.80. The molecule has 0 unspecified atom stereocenters. The molecule has 3 heterocycles. The third-order valence-electron chi connectivity index (χ3n) is 4.03. The number of anilines is 1. The number of amides is 1. The number of carbonyl (C=O) groups is 1. The number of ether oxygens (including phenoxy) is 1. The molecule has 2 aromatic heterocycles. The average Bonchev–Trinajstić information content (AvgIpc) is 3.05. The van der Waals surface area contributed by atoms with Gasteiger partial charge in [-0.05, 0) is 25.1 Å². The monoisotopic (exact) mass is 335 g/mol. The summed E-state index contributed by atoms with van der Waals surface area (Å²) < 4.78 is 7.44. The highest BCUT2D eigenvalue weighted by atomic mass is 16.5. The smallest absolute Gasteiger partial charge is 0.277 e. The first-order valence-electron chi connectivity index (χ1n) is 8.06. The highest BCUT2D eigenvalue weighted by Crippen LogP contribution is 2.20. The molecule has 25 heavy (non-hydrogen) atoms. The molecule has 0 fully saturated rings. The van der Waals surface area contributed by atoms with Gasteiger partial charge in [-0.1, -0.05) is 18.2 Å². The van der Waals surface area contributed by atoms with E-state index in [1.807, 2.05) is 43.3 Å². The summed E-state index contributed by atoms with van der Waals surface area (Å²) in [4.78, 5) is 22.7. The van der Waals surface area contributed by atoms with E-state index in [1.54, 1.807) is 15.6 Å². The molecule has 1 aliphatic rings. The molecule has 0 saturated heterocycles. The Balaban J connectivity index is 1.53. The summed E-state index contributed by atoms with van der Waals surface area (Å²) >= 11 is 0. The molecule has 0 radical (unpaired) electrons. The zero-order valence-corrected chi connectivity index (χ0v) is 13.8. The van der Waals surface area contributed by atoms with E-state index in [2.05, 4.69) is 15.1 Å². The third-order valence-corrected chi connectivity index (χ3v) is 4.03. The van der Waals surface area contributed by atoms with Crippen LogP contribution in [-0.4, -0.2) is 32.2 Å². The molecule has 7 nitrogen and oxygen atoms in total. The van der Waals surface area contributed by atoms with Gasteiger partial charge in [0.15, 0.2) is 0 Å². The van der Waals surface area contributed by atoms with Crippen LogP contribution in [0.25, 0.3) is 0 Å². The van der Waals surface area contributed by atoms with Crippen LogP contribution in [0, 0.1) is 6.92 Å². The highest BCUT2D eigenvalue weighted by molar-refractivity contribution is 6.05. The predicted molar refractivity (Wildman–Crippen MR) is 91.4 cm³/mol. The normalized spacial score (nSPS) is 13.6. The van der Waals surface area contributed by atoms with Crippen molar-refractivity contribution in [3.63, 3.8) is 0 Å². The molecule has 1 aromatic carbocycles. The number of nitrogens with zero attached hydrogens (tertiary/aromatic N) is 5. The zero-order chi connectivity index (χ0) is 17.2. The molecule has 0 N–H and O–H groups in total. The Morgan fingerprint density at radius 2 is 1.96 bits per heavy atom. The maximum atomic E-state index is 12.8. The lowest BCUT2D eigenvalue weighted by Crippen LogP contribution is -2.41. The Hall–Kier alpha value is -3.22. The SMILES string of the molecule is Cc1cc(N2CCn3nc(COc4ccccc4)cc3C2=O)ncn1. The predicted octanol–water partition coefficient (Wildman–Crippen LogP) is 2.22. The first-order valence-corrected chi connectivity index (χ1v) is 8.06. The molecule has 4 rings (SSSR count). The Labute approximate surface area is 144 Å². The van der Waals surface area contributed by atoms with Gasteiger partial charge in [0, 0.05) is 18.3 Å². The van der Waals surface area contributed by atoms with Crippen LogP contribution in [0.5, 0.6) is 5.75 Å². The van der Waals surface area contributed by atoms with Crippen LogP contribution in [0.15, 0.2) is 48.8 Å². The Morgan fingerprint density at radius 3 is 2.76 bits per heavy atom. The van der Waals surface area contributed by atoms with Gasteiger partial charge >= 0.3 is 0 Å². The maximum Gasteiger partial charge on any atom is 0.277 e. The molecule has 0 bridgehead atoms. The van der Waals surface area contributed by atoms with Crippen LogP contribution >= 0.6 is 0 Å². The van der Waals surface area contributed by atoms with Crippen LogP contribution in [0.4, 0.5) is 5.82 Å². The molecule has 0 spiro atoms. The van der Waals surface area contributed by atoms with Crippen molar-refractivity contribution >= 4 is 11.7 Å². The quantitative estimate of drug-likeness (QED) is 0.731. The number of benzene rings is 1. The van der Waals surface area contributed by atoms with Gasteiger partial charge in [-0.3, -0.25) is 14.4 Å². The lowest BCUT2D eigenvalue weighted by atomic mass is 10.2. The Kier molecular flexibility index (Phi) is 3.89. The van der Waals surface area contributed by atoms with E-state index in [0.29, 0.717) is 31.2 Å². The number of aryl methyl sites for hydroxylation is 1. The molecule has 0 aliphatic carbocycles. The number of aromatic nitrogens is 4. The minimum Gasteiger partial charge on any atom is -0.487 e. The first-order chi connectivity index (χ1) is 12.2. The molecular formula is C18H17N5O2. The lowest BCUT2D eigenvalue weighted by Gasteiger charge is -2.26. The molecular weight excluding hydrogens is 318 g/mol. The lowest BCUT2D eigenvalue weighted by molar-refractivity contribution is 0.0961. The molecule has 1 amide bonds. The average molecular weight is 335 g/mol.